The lowest BCUT2D eigenvalue weighted by Gasteiger charge is -2.20. The Morgan fingerprint density at radius 1 is 0.704 bits per heavy atom. The number of nitrogens with one attached hydrogen (secondary N) is 2. The van der Waals surface area contributed by atoms with Crippen molar-refractivity contribution in [2.45, 2.75) is 20.0 Å². The summed E-state index contributed by atoms with van der Waals surface area (Å²) in [5, 5.41) is 5.95. The van der Waals surface area contributed by atoms with Crippen molar-refractivity contribution in [2.24, 2.45) is 0 Å². The van der Waals surface area contributed by atoms with Crippen LogP contribution in [0, 0.1) is 13.8 Å². The van der Waals surface area contributed by atoms with E-state index in [0.717, 1.165) is 16.8 Å². The smallest absolute Gasteiger partial charge is 0.253 e. The Morgan fingerprint density at radius 2 is 1.26 bits per heavy atom. The quantitative estimate of drug-likeness (QED) is 0.509. The monoisotopic (exact) mass is 358 g/mol. The minimum atomic E-state index is -0.871. The van der Waals surface area contributed by atoms with Crippen LogP contribution in [-0.2, 0) is 0 Å². The summed E-state index contributed by atoms with van der Waals surface area (Å²) in [6.45, 7) is 3.96. The van der Waals surface area contributed by atoms with Gasteiger partial charge in [-0.3, -0.25) is 9.59 Å². The van der Waals surface area contributed by atoms with E-state index in [1.54, 1.807) is 36.4 Å². The maximum atomic E-state index is 13.0. The van der Waals surface area contributed by atoms with Crippen molar-refractivity contribution in [3.8, 4) is 0 Å². The summed E-state index contributed by atoms with van der Waals surface area (Å²) in [6.07, 6.45) is -0.871. The molecule has 0 heterocycles. The van der Waals surface area contributed by atoms with E-state index in [9.17, 15) is 9.59 Å². The Labute approximate surface area is 159 Å². The Hall–Kier alpha value is -3.40. The zero-order valence-corrected chi connectivity index (χ0v) is 15.4. The number of amides is 1. The molecule has 4 heteroatoms. The van der Waals surface area contributed by atoms with E-state index < -0.39 is 6.17 Å². The van der Waals surface area contributed by atoms with Gasteiger partial charge in [-0.05, 0) is 38.1 Å². The van der Waals surface area contributed by atoms with Crippen LogP contribution >= 0.6 is 0 Å². The van der Waals surface area contributed by atoms with Crippen molar-refractivity contribution in [3.63, 3.8) is 0 Å². The molecule has 0 spiro atoms. The number of benzene rings is 3. The van der Waals surface area contributed by atoms with Crippen molar-refractivity contribution in [1.29, 1.82) is 0 Å². The van der Waals surface area contributed by atoms with Gasteiger partial charge < -0.3 is 10.6 Å². The van der Waals surface area contributed by atoms with Gasteiger partial charge in [-0.15, -0.1) is 0 Å². The second-order valence-electron chi connectivity index (χ2n) is 6.51. The summed E-state index contributed by atoms with van der Waals surface area (Å²) in [4.78, 5) is 25.6. The number of carbonyl (C=O) groups excluding carboxylic acids is 2. The molecule has 0 bridgehead atoms. The van der Waals surface area contributed by atoms with E-state index in [4.69, 9.17) is 0 Å². The van der Waals surface area contributed by atoms with Crippen molar-refractivity contribution in [1.82, 2.24) is 5.32 Å². The first-order valence-electron chi connectivity index (χ1n) is 8.83. The van der Waals surface area contributed by atoms with Crippen molar-refractivity contribution >= 4 is 17.4 Å². The molecular formula is C23H22N2O2. The number of Topliss-reactive ketones (excluding diaryl/α,β-unsaturated/α-hetero) is 1. The topological polar surface area (TPSA) is 58.2 Å². The van der Waals surface area contributed by atoms with Crippen molar-refractivity contribution in [3.05, 3.63) is 101 Å². The molecule has 0 aliphatic carbocycles. The Bertz CT molecular complexity index is 917. The van der Waals surface area contributed by atoms with Gasteiger partial charge in [0, 0.05) is 16.8 Å². The molecular weight excluding hydrogens is 336 g/mol. The standard InChI is InChI=1S/C23H22N2O2/c1-16-8-12-19(13-9-16)23(27)25-22(21(26)18-6-4-3-5-7-18)24-20-14-10-17(2)11-15-20/h3-15,22,24H,1-2H3,(H,25,27)/t22-/m0/s1. The van der Waals surface area contributed by atoms with Gasteiger partial charge in [-0.25, -0.2) is 0 Å². The van der Waals surface area contributed by atoms with Crippen LogP contribution in [0.3, 0.4) is 0 Å². The molecule has 0 aromatic heterocycles. The van der Waals surface area contributed by atoms with E-state index in [0.29, 0.717) is 11.1 Å². The molecule has 2 N–H and O–H groups in total. The first-order chi connectivity index (χ1) is 13.0. The lowest BCUT2D eigenvalue weighted by atomic mass is 10.1. The number of ketones is 1. The Balaban J connectivity index is 1.84. The molecule has 0 saturated heterocycles. The molecule has 0 unspecified atom stereocenters. The lowest BCUT2D eigenvalue weighted by molar-refractivity contribution is 0.0869. The summed E-state index contributed by atoms with van der Waals surface area (Å²) >= 11 is 0. The van der Waals surface area contributed by atoms with Gasteiger partial charge in [-0.1, -0.05) is 65.7 Å². The normalized spacial score (nSPS) is 11.5. The maximum absolute atomic E-state index is 13.0. The van der Waals surface area contributed by atoms with Gasteiger partial charge >= 0.3 is 0 Å². The van der Waals surface area contributed by atoms with Gasteiger partial charge in [0.15, 0.2) is 6.17 Å². The van der Waals surface area contributed by atoms with Crippen LogP contribution in [0.4, 0.5) is 5.69 Å². The molecule has 0 aliphatic heterocycles. The highest BCUT2D eigenvalue weighted by atomic mass is 16.2. The molecule has 1 atom stereocenters. The third-order valence-corrected chi connectivity index (χ3v) is 4.27. The highest BCUT2D eigenvalue weighted by molar-refractivity contribution is 6.05. The zero-order valence-electron chi connectivity index (χ0n) is 15.4. The van der Waals surface area contributed by atoms with Gasteiger partial charge in [-0.2, -0.15) is 0 Å². The lowest BCUT2D eigenvalue weighted by Crippen LogP contribution is -2.46. The molecule has 3 aromatic carbocycles. The van der Waals surface area contributed by atoms with Gasteiger partial charge in [0.25, 0.3) is 5.91 Å². The second kappa shape index (κ2) is 8.32. The van der Waals surface area contributed by atoms with Gasteiger partial charge in [0.2, 0.25) is 5.78 Å². The SMILES string of the molecule is Cc1ccc(N[C@@H](NC(=O)c2ccc(C)cc2)C(=O)c2ccccc2)cc1. The van der Waals surface area contributed by atoms with Gasteiger partial charge in [0.05, 0.1) is 0 Å². The molecule has 0 fully saturated rings. The second-order valence-corrected chi connectivity index (χ2v) is 6.51. The van der Waals surface area contributed by atoms with E-state index in [1.165, 1.54) is 0 Å². The predicted octanol–water partition coefficient (Wildman–Crippen LogP) is 4.35. The van der Waals surface area contributed by atoms with Crippen LogP contribution in [0.1, 0.15) is 31.8 Å². The van der Waals surface area contributed by atoms with E-state index in [-0.39, 0.29) is 11.7 Å². The first kappa shape index (κ1) is 18.4. The Kier molecular flexibility index (Phi) is 5.67. The largest absolute Gasteiger partial charge is 0.359 e. The van der Waals surface area contributed by atoms with Crippen LogP contribution in [0.25, 0.3) is 0 Å². The molecule has 136 valence electrons. The molecule has 3 aromatic rings. The number of hydrogen-bond acceptors (Lipinski definition) is 3. The number of rotatable bonds is 6. The Morgan fingerprint density at radius 3 is 1.85 bits per heavy atom. The van der Waals surface area contributed by atoms with Crippen molar-refractivity contribution < 1.29 is 9.59 Å². The molecule has 4 nitrogen and oxygen atoms in total. The van der Waals surface area contributed by atoms with Gasteiger partial charge in [0.1, 0.15) is 0 Å². The summed E-state index contributed by atoms with van der Waals surface area (Å²) < 4.78 is 0. The summed E-state index contributed by atoms with van der Waals surface area (Å²) in [5.74, 6) is -0.500. The molecule has 1 amide bonds. The number of anilines is 1. The molecule has 3 rings (SSSR count). The van der Waals surface area contributed by atoms with Crippen LogP contribution in [0.15, 0.2) is 78.9 Å². The number of hydrogen-bond donors (Lipinski definition) is 2. The average molecular weight is 358 g/mol. The van der Waals surface area contributed by atoms with E-state index in [2.05, 4.69) is 10.6 Å². The predicted molar refractivity (Wildman–Crippen MR) is 108 cm³/mol. The molecule has 0 aliphatic rings. The van der Waals surface area contributed by atoms with Crippen LogP contribution in [-0.4, -0.2) is 17.9 Å². The maximum Gasteiger partial charge on any atom is 0.253 e. The molecule has 27 heavy (non-hydrogen) atoms. The van der Waals surface area contributed by atoms with Crippen molar-refractivity contribution in [2.75, 3.05) is 5.32 Å². The van der Waals surface area contributed by atoms with E-state index >= 15 is 0 Å². The number of carbonyl (C=O) groups is 2. The van der Waals surface area contributed by atoms with Crippen LogP contribution in [0.2, 0.25) is 0 Å². The fraction of sp³-hybridized carbons (Fsp3) is 0.130. The summed E-state index contributed by atoms with van der Waals surface area (Å²) in [5.41, 5.74) is 4.00. The fourth-order valence-electron chi connectivity index (χ4n) is 2.67. The highest BCUT2D eigenvalue weighted by Gasteiger charge is 2.22. The minimum Gasteiger partial charge on any atom is -0.359 e. The van der Waals surface area contributed by atoms with Crippen LogP contribution in [0.5, 0.6) is 0 Å². The fourth-order valence-corrected chi connectivity index (χ4v) is 2.67. The minimum absolute atomic E-state index is 0.198. The zero-order chi connectivity index (χ0) is 19.2. The molecule has 0 radical (unpaired) electrons. The summed E-state index contributed by atoms with van der Waals surface area (Å²) in [7, 11) is 0. The molecule has 0 saturated carbocycles. The first-order valence-corrected chi connectivity index (χ1v) is 8.83. The van der Waals surface area contributed by atoms with Crippen LogP contribution < -0.4 is 10.6 Å². The third kappa shape index (κ3) is 4.82. The average Bonchev–Trinajstić information content (AvgIpc) is 2.69. The highest BCUT2D eigenvalue weighted by Crippen LogP contribution is 2.13. The third-order valence-electron chi connectivity index (χ3n) is 4.27. The van der Waals surface area contributed by atoms with E-state index in [1.807, 2.05) is 56.3 Å². The summed E-state index contributed by atoms with van der Waals surface area (Å²) in [6, 6.07) is 23.9. The number of aryl methyl sites for hydroxylation is 2.